The van der Waals surface area contributed by atoms with Gasteiger partial charge in [0.05, 0.1) is 5.69 Å². The van der Waals surface area contributed by atoms with E-state index in [9.17, 15) is 4.79 Å². The van der Waals surface area contributed by atoms with Crippen molar-refractivity contribution < 1.29 is 9.53 Å². The van der Waals surface area contributed by atoms with E-state index in [1.54, 1.807) is 24.3 Å². The minimum atomic E-state index is -0.173. The van der Waals surface area contributed by atoms with E-state index in [4.69, 9.17) is 16.3 Å². The number of carbonyl (C=O) groups is 1. The molecule has 2 aromatic rings. The number of hydrogen-bond acceptors (Lipinski definition) is 3. The van der Waals surface area contributed by atoms with Crippen molar-refractivity contribution in [3.8, 4) is 5.75 Å². The molecule has 21 heavy (non-hydrogen) atoms. The van der Waals surface area contributed by atoms with E-state index < -0.39 is 0 Å². The number of aromatic nitrogens is 2. The average molecular weight is 307 g/mol. The Morgan fingerprint density at radius 3 is 2.57 bits per heavy atom. The molecule has 0 aliphatic heterocycles. The molecule has 5 heteroatoms. The van der Waals surface area contributed by atoms with Crippen molar-refractivity contribution in [2.24, 2.45) is 0 Å². The lowest BCUT2D eigenvalue weighted by molar-refractivity contribution is 0.0818. The Bertz CT molecular complexity index is 632. The smallest absolute Gasteiger partial charge is 0.284 e. The first kappa shape index (κ1) is 15.6. The Kier molecular flexibility index (Phi) is 5.02. The van der Waals surface area contributed by atoms with Gasteiger partial charge in [-0.05, 0) is 50.1 Å². The molecule has 0 spiro atoms. The fraction of sp³-hybridized carbons (Fsp3) is 0.375. The largest absolute Gasteiger partial charge is 0.484 e. The van der Waals surface area contributed by atoms with Crippen LogP contribution in [0.4, 0.5) is 0 Å². The van der Waals surface area contributed by atoms with Crippen molar-refractivity contribution in [3.63, 3.8) is 0 Å². The van der Waals surface area contributed by atoms with E-state index in [0.717, 1.165) is 29.8 Å². The molecule has 0 radical (unpaired) electrons. The minimum Gasteiger partial charge on any atom is -0.484 e. The van der Waals surface area contributed by atoms with Crippen molar-refractivity contribution in [1.82, 2.24) is 9.78 Å². The van der Waals surface area contributed by atoms with Crippen LogP contribution in [-0.2, 0) is 6.42 Å². The summed E-state index contributed by atoms with van der Waals surface area (Å²) in [5.41, 5.74) is 2.96. The van der Waals surface area contributed by atoms with Crippen LogP contribution in [0.1, 0.15) is 35.1 Å². The highest BCUT2D eigenvalue weighted by Gasteiger charge is 2.16. The van der Waals surface area contributed by atoms with Gasteiger partial charge < -0.3 is 4.74 Å². The highest BCUT2D eigenvalue weighted by molar-refractivity contribution is 6.30. The molecule has 0 saturated carbocycles. The Morgan fingerprint density at radius 2 is 1.95 bits per heavy atom. The molecule has 4 nitrogen and oxygen atoms in total. The maximum Gasteiger partial charge on any atom is 0.284 e. The molecule has 0 amide bonds. The normalized spacial score (nSPS) is 10.7. The van der Waals surface area contributed by atoms with Crippen LogP contribution >= 0.6 is 11.6 Å². The van der Waals surface area contributed by atoms with E-state index in [1.165, 1.54) is 4.68 Å². The van der Waals surface area contributed by atoms with E-state index >= 15 is 0 Å². The predicted octanol–water partition coefficient (Wildman–Crippen LogP) is 3.83. The van der Waals surface area contributed by atoms with Crippen LogP contribution in [0.25, 0.3) is 0 Å². The lowest BCUT2D eigenvalue weighted by atomic mass is 10.1. The molecule has 0 aliphatic rings. The van der Waals surface area contributed by atoms with Gasteiger partial charge in [-0.3, -0.25) is 4.79 Å². The number of nitrogens with zero attached hydrogens (tertiary/aromatic N) is 2. The molecule has 0 bridgehead atoms. The summed E-state index contributed by atoms with van der Waals surface area (Å²) < 4.78 is 6.91. The van der Waals surface area contributed by atoms with Crippen LogP contribution < -0.4 is 4.74 Å². The van der Waals surface area contributed by atoms with Gasteiger partial charge in [0.15, 0.2) is 6.61 Å². The first-order valence-electron chi connectivity index (χ1n) is 6.99. The summed E-state index contributed by atoms with van der Waals surface area (Å²) >= 11 is 5.80. The molecule has 2 rings (SSSR count). The third kappa shape index (κ3) is 3.64. The minimum absolute atomic E-state index is 0.0465. The Hall–Kier alpha value is -1.81. The third-order valence-corrected chi connectivity index (χ3v) is 3.61. The molecule has 0 unspecified atom stereocenters. The van der Waals surface area contributed by atoms with Crippen LogP contribution in [0.2, 0.25) is 5.02 Å². The van der Waals surface area contributed by atoms with Gasteiger partial charge in [0.1, 0.15) is 5.75 Å². The molecule has 0 atom stereocenters. The van der Waals surface area contributed by atoms with Crippen LogP contribution in [0.3, 0.4) is 0 Å². The highest BCUT2D eigenvalue weighted by atomic mass is 35.5. The zero-order valence-corrected chi connectivity index (χ0v) is 13.3. The molecule has 1 aromatic carbocycles. The molecule has 0 fully saturated rings. The monoisotopic (exact) mass is 306 g/mol. The van der Waals surface area contributed by atoms with Gasteiger partial charge >= 0.3 is 0 Å². The van der Waals surface area contributed by atoms with Gasteiger partial charge in [-0.25, -0.2) is 4.68 Å². The quantitative estimate of drug-likeness (QED) is 0.843. The van der Waals surface area contributed by atoms with E-state index in [-0.39, 0.29) is 12.5 Å². The van der Waals surface area contributed by atoms with E-state index in [0.29, 0.717) is 10.8 Å². The standard InChI is InChI=1S/C16H19ClN2O2/c1-4-5-15-11(2)18-19(12(15)3)16(20)10-21-14-8-6-13(17)7-9-14/h6-9H,4-5,10H2,1-3H3. The van der Waals surface area contributed by atoms with Gasteiger partial charge in [0.25, 0.3) is 5.91 Å². The lowest BCUT2D eigenvalue weighted by Gasteiger charge is -2.07. The molecule has 1 heterocycles. The number of aryl methyl sites for hydroxylation is 1. The second-order valence-corrected chi connectivity index (χ2v) is 5.38. The number of hydrogen-bond donors (Lipinski definition) is 0. The van der Waals surface area contributed by atoms with Crippen molar-refractivity contribution in [2.45, 2.75) is 33.6 Å². The molecular weight excluding hydrogens is 288 g/mol. The maximum absolute atomic E-state index is 12.2. The lowest BCUT2D eigenvalue weighted by Crippen LogP contribution is -2.21. The Morgan fingerprint density at radius 1 is 1.29 bits per heavy atom. The second kappa shape index (κ2) is 6.76. The third-order valence-electron chi connectivity index (χ3n) is 3.35. The average Bonchev–Trinajstić information content (AvgIpc) is 2.75. The van der Waals surface area contributed by atoms with E-state index in [1.807, 2.05) is 13.8 Å². The molecule has 1 aromatic heterocycles. The summed E-state index contributed by atoms with van der Waals surface area (Å²) in [5, 5.41) is 4.96. The summed E-state index contributed by atoms with van der Waals surface area (Å²) in [7, 11) is 0. The molecule has 0 N–H and O–H groups in total. The first-order valence-corrected chi connectivity index (χ1v) is 7.37. The number of ether oxygens (including phenoxy) is 1. The van der Waals surface area contributed by atoms with Gasteiger partial charge in [-0.1, -0.05) is 24.9 Å². The summed E-state index contributed by atoms with van der Waals surface area (Å²) in [4.78, 5) is 12.2. The fourth-order valence-corrected chi connectivity index (χ4v) is 2.39. The van der Waals surface area contributed by atoms with Crippen LogP contribution in [0.5, 0.6) is 5.75 Å². The first-order chi connectivity index (χ1) is 10.0. The van der Waals surface area contributed by atoms with E-state index in [2.05, 4.69) is 12.0 Å². The summed E-state index contributed by atoms with van der Waals surface area (Å²) in [6.45, 7) is 5.92. The topological polar surface area (TPSA) is 44.1 Å². The Labute approximate surface area is 129 Å². The zero-order chi connectivity index (χ0) is 15.4. The van der Waals surface area contributed by atoms with Crippen LogP contribution in [-0.4, -0.2) is 22.3 Å². The van der Waals surface area contributed by atoms with Crippen molar-refractivity contribution in [2.75, 3.05) is 6.61 Å². The van der Waals surface area contributed by atoms with Crippen molar-refractivity contribution >= 4 is 17.5 Å². The molecule has 0 saturated heterocycles. The number of rotatable bonds is 5. The molecule has 0 aliphatic carbocycles. The van der Waals surface area contributed by atoms with Crippen molar-refractivity contribution in [1.29, 1.82) is 0 Å². The maximum atomic E-state index is 12.2. The fourth-order valence-electron chi connectivity index (χ4n) is 2.27. The van der Waals surface area contributed by atoms with Crippen LogP contribution in [0, 0.1) is 13.8 Å². The molecular formula is C16H19ClN2O2. The Balaban J connectivity index is 2.07. The highest BCUT2D eigenvalue weighted by Crippen LogP contribution is 2.17. The predicted molar refractivity (Wildman–Crippen MR) is 83.3 cm³/mol. The van der Waals surface area contributed by atoms with Crippen LogP contribution in [0.15, 0.2) is 24.3 Å². The summed E-state index contributed by atoms with van der Waals surface area (Å²) in [5.74, 6) is 0.441. The summed E-state index contributed by atoms with van der Waals surface area (Å²) in [6, 6.07) is 6.92. The summed E-state index contributed by atoms with van der Waals surface area (Å²) in [6.07, 6.45) is 1.96. The second-order valence-electron chi connectivity index (χ2n) is 4.95. The number of carbonyl (C=O) groups excluding carboxylic acids is 1. The van der Waals surface area contributed by atoms with Gasteiger partial charge in [-0.15, -0.1) is 0 Å². The van der Waals surface area contributed by atoms with Gasteiger partial charge in [0, 0.05) is 10.7 Å². The number of halogens is 1. The van der Waals surface area contributed by atoms with Gasteiger partial charge in [-0.2, -0.15) is 5.10 Å². The SMILES string of the molecule is CCCc1c(C)nn(C(=O)COc2ccc(Cl)cc2)c1C. The molecule has 112 valence electrons. The number of benzene rings is 1. The zero-order valence-electron chi connectivity index (χ0n) is 12.5. The van der Waals surface area contributed by atoms with Gasteiger partial charge in [0.2, 0.25) is 0 Å². The van der Waals surface area contributed by atoms with Crippen molar-refractivity contribution in [3.05, 3.63) is 46.2 Å².